The molecule has 1 fully saturated rings. The quantitative estimate of drug-likeness (QED) is 0.307. The lowest BCUT2D eigenvalue weighted by molar-refractivity contribution is -0.114. The molecule has 0 bridgehead atoms. The van der Waals surface area contributed by atoms with Crippen LogP contribution in [0.5, 0.6) is 11.5 Å². The van der Waals surface area contributed by atoms with E-state index in [9.17, 15) is 9.59 Å². The van der Waals surface area contributed by atoms with Gasteiger partial charge in [-0.05, 0) is 74.2 Å². The Labute approximate surface area is 274 Å². The number of piperazine rings is 1. The number of thiazole rings is 1. The molecule has 0 spiro atoms. The van der Waals surface area contributed by atoms with Crippen LogP contribution >= 0.6 is 11.3 Å². The van der Waals surface area contributed by atoms with Crippen LogP contribution in [0.3, 0.4) is 0 Å². The van der Waals surface area contributed by atoms with Gasteiger partial charge in [-0.1, -0.05) is 12.1 Å². The van der Waals surface area contributed by atoms with Crippen molar-refractivity contribution in [1.82, 2.24) is 14.8 Å². The van der Waals surface area contributed by atoms with Gasteiger partial charge in [-0.25, -0.2) is 9.78 Å². The molecule has 0 atom stereocenters. The first-order valence-corrected chi connectivity index (χ1v) is 16.6. The zero-order chi connectivity index (χ0) is 32.3. The molecule has 6 rings (SSSR count). The number of methoxy groups -OCH3 is 1. The van der Waals surface area contributed by atoms with Crippen LogP contribution < -0.4 is 20.1 Å². The SMILES string of the molecule is COc1cc(C2=CC3=C(CNc4cc(CCN5CCN(C(=O)OC(C)(C)C)CC5)ccc4N3)C(=O)C2)ccc1OCc1cscn1. The van der Waals surface area contributed by atoms with Crippen LogP contribution in [0.4, 0.5) is 16.2 Å². The summed E-state index contributed by atoms with van der Waals surface area (Å²) in [4.78, 5) is 34.2. The second-order valence-corrected chi connectivity index (χ2v) is 13.4. The lowest BCUT2D eigenvalue weighted by Crippen LogP contribution is -2.50. The molecule has 3 aliphatic rings. The van der Waals surface area contributed by atoms with Crippen molar-refractivity contribution in [2.24, 2.45) is 0 Å². The van der Waals surface area contributed by atoms with Gasteiger partial charge in [-0.15, -0.1) is 11.3 Å². The lowest BCUT2D eigenvalue weighted by atomic mass is 9.90. The molecule has 2 N–H and O–H groups in total. The number of carbonyl (C=O) groups is 2. The van der Waals surface area contributed by atoms with Crippen LogP contribution in [0.1, 0.15) is 44.0 Å². The van der Waals surface area contributed by atoms with E-state index in [1.807, 2.05) is 44.4 Å². The Morgan fingerprint density at radius 2 is 1.87 bits per heavy atom. The molecule has 46 heavy (non-hydrogen) atoms. The number of Topliss-reactive ketones (excluding diaryl/α,β-unsaturated/α-hetero) is 1. The molecule has 0 unspecified atom stereocenters. The minimum Gasteiger partial charge on any atom is -0.493 e. The molecule has 10 nitrogen and oxygen atoms in total. The predicted octanol–water partition coefficient (Wildman–Crippen LogP) is 5.97. The first-order chi connectivity index (χ1) is 22.1. The highest BCUT2D eigenvalue weighted by molar-refractivity contribution is 7.07. The van der Waals surface area contributed by atoms with Crippen molar-refractivity contribution in [3.05, 3.63) is 81.5 Å². The Bertz CT molecular complexity index is 1650. The van der Waals surface area contributed by atoms with Crippen molar-refractivity contribution in [2.45, 2.75) is 45.8 Å². The van der Waals surface area contributed by atoms with E-state index in [2.05, 4.69) is 44.8 Å². The summed E-state index contributed by atoms with van der Waals surface area (Å²) in [6.07, 6.45) is 3.04. The molecule has 2 aliphatic heterocycles. The van der Waals surface area contributed by atoms with E-state index in [-0.39, 0.29) is 11.9 Å². The Morgan fingerprint density at radius 3 is 2.61 bits per heavy atom. The second kappa shape index (κ2) is 13.6. The van der Waals surface area contributed by atoms with Crippen molar-refractivity contribution in [3.63, 3.8) is 0 Å². The summed E-state index contributed by atoms with van der Waals surface area (Å²) in [6.45, 7) is 10.4. The third kappa shape index (κ3) is 7.54. The van der Waals surface area contributed by atoms with Gasteiger partial charge in [0.15, 0.2) is 17.3 Å². The summed E-state index contributed by atoms with van der Waals surface area (Å²) in [5.41, 5.74) is 8.70. The number of fused-ring (bicyclic) bond motifs is 1. The van der Waals surface area contributed by atoms with Gasteiger partial charge in [0.05, 0.1) is 29.7 Å². The summed E-state index contributed by atoms with van der Waals surface area (Å²) in [5.74, 6) is 1.33. The van der Waals surface area contributed by atoms with Crippen molar-refractivity contribution in [1.29, 1.82) is 0 Å². The Hall–Kier alpha value is -4.35. The normalized spacial score (nSPS) is 16.8. The van der Waals surface area contributed by atoms with Gasteiger partial charge >= 0.3 is 6.09 Å². The molecule has 0 radical (unpaired) electrons. The highest BCUT2D eigenvalue weighted by Gasteiger charge is 2.27. The molecule has 3 aromatic rings. The van der Waals surface area contributed by atoms with Crippen LogP contribution in [0.25, 0.3) is 5.57 Å². The zero-order valence-corrected chi connectivity index (χ0v) is 27.7. The first-order valence-electron chi connectivity index (χ1n) is 15.6. The molecule has 242 valence electrons. The standard InChI is InChI=1S/C35H41N5O5S/c1-35(2,3)45-34(42)40-13-11-39(12-14-40)10-9-23-5-7-28-30(15-23)36-19-27-29(38-28)16-25(17-31(27)41)24-6-8-32(33(18-24)43-4)44-20-26-21-46-22-37-26/h5-8,15-16,18,21-22,36,38H,9-14,17,19-20H2,1-4H3. The topological polar surface area (TPSA) is 105 Å². The number of hydrogen-bond acceptors (Lipinski definition) is 10. The van der Waals surface area contributed by atoms with Crippen LogP contribution in [0.2, 0.25) is 0 Å². The average molecular weight is 644 g/mol. The molecule has 3 heterocycles. The fraction of sp³-hybridized carbons (Fsp3) is 0.400. The highest BCUT2D eigenvalue weighted by atomic mass is 32.1. The first kappa shape index (κ1) is 31.6. The minimum absolute atomic E-state index is 0.0916. The number of ketones is 1. The predicted molar refractivity (Wildman–Crippen MR) is 181 cm³/mol. The number of hydrogen-bond donors (Lipinski definition) is 2. The molecule has 1 amide bonds. The summed E-state index contributed by atoms with van der Waals surface area (Å²) in [7, 11) is 1.62. The van der Waals surface area contributed by atoms with Crippen LogP contribution in [-0.2, 0) is 22.6 Å². The van der Waals surface area contributed by atoms with Gasteiger partial charge in [0.1, 0.15) is 12.2 Å². The van der Waals surface area contributed by atoms with Gasteiger partial charge < -0.3 is 29.7 Å². The maximum atomic E-state index is 13.4. The van der Waals surface area contributed by atoms with Gasteiger partial charge in [-0.3, -0.25) is 9.69 Å². The molecule has 1 aliphatic carbocycles. The van der Waals surface area contributed by atoms with Crippen LogP contribution in [0, 0.1) is 0 Å². The fourth-order valence-corrected chi connectivity index (χ4v) is 6.32. The number of amides is 1. The lowest BCUT2D eigenvalue weighted by Gasteiger charge is -2.35. The number of benzene rings is 2. The van der Waals surface area contributed by atoms with Crippen LogP contribution in [-0.4, -0.2) is 78.6 Å². The molecule has 0 saturated carbocycles. The van der Waals surface area contributed by atoms with E-state index in [4.69, 9.17) is 14.2 Å². The number of rotatable bonds is 8. The van der Waals surface area contributed by atoms with E-state index < -0.39 is 5.60 Å². The van der Waals surface area contributed by atoms with Gasteiger partial charge in [0.2, 0.25) is 0 Å². The fourth-order valence-electron chi connectivity index (χ4n) is 5.78. The third-order valence-electron chi connectivity index (χ3n) is 8.27. The van der Waals surface area contributed by atoms with Gasteiger partial charge in [0.25, 0.3) is 0 Å². The molecule has 11 heteroatoms. The van der Waals surface area contributed by atoms with E-state index >= 15 is 0 Å². The van der Waals surface area contributed by atoms with E-state index in [0.717, 1.165) is 65.5 Å². The molecule has 1 saturated heterocycles. The van der Waals surface area contributed by atoms with E-state index in [1.165, 1.54) is 16.9 Å². The Kier molecular flexibility index (Phi) is 9.32. The maximum absolute atomic E-state index is 13.4. The minimum atomic E-state index is -0.484. The number of aromatic nitrogens is 1. The second-order valence-electron chi connectivity index (χ2n) is 12.7. The number of carbonyl (C=O) groups excluding carboxylic acids is 2. The summed E-state index contributed by atoms with van der Waals surface area (Å²) in [6, 6.07) is 12.2. The summed E-state index contributed by atoms with van der Waals surface area (Å²) in [5, 5.41) is 8.98. The van der Waals surface area contributed by atoms with Gasteiger partial charge in [-0.2, -0.15) is 0 Å². The largest absolute Gasteiger partial charge is 0.493 e. The van der Waals surface area contributed by atoms with Crippen LogP contribution in [0.15, 0.2) is 64.6 Å². The summed E-state index contributed by atoms with van der Waals surface area (Å²) < 4.78 is 17.1. The number of anilines is 2. The maximum Gasteiger partial charge on any atom is 0.410 e. The highest BCUT2D eigenvalue weighted by Crippen LogP contribution is 2.37. The number of ether oxygens (including phenoxy) is 3. The molecular formula is C35H41N5O5S. The van der Waals surface area contributed by atoms with Crippen molar-refractivity contribution in [2.75, 3.05) is 57.0 Å². The zero-order valence-electron chi connectivity index (χ0n) is 26.9. The van der Waals surface area contributed by atoms with Crippen molar-refractivity contribution >= 4 is 40.2 Å². The van der Waals surface area contributed by atoms with Gasteiger partial charge in [0, 0.05) is 62.3 Å². The monoisotopic (exact) mass is 643 g/mol. The summed E-state index contributed by atoms with van der Waals surface area (Å²) >= 11 is 1.53. The van der Waals surface area contributed by atoms with Crippen molar-refractivity contribution < 1.29 is 23.8 Å². The smallest absolute Gasteiger partial charge is 0.410 e. The molecular weight excluding hydrogens is 602 g/mol. The Balaban J connectivity index is 1.08. The number of nitrogens with zero attached hydrogens (tertiary/aromatic N) is 3. The van der Waals surface area contributed by atoms with E-state index in [1.54, 1.807) is 17.5 Å². The number of allylic oxidation sites excluding steroid dienone is 2. The van der Waals surface area contributed by atoms with Crippen molar-refractivity contribution in [3.8, 4) is 11.5 Å². The molecule has 1 aromatic heterocycles. The third-order valence-corrected chi connectivity index (χ3v) is 8.91. The Morgan fingerprint density at radius 1 is 1.04 bits per heavy atom. The number of nitrogens with one attached hydrogen (secondary N) is 2. The molecule has 2 aromatic carbocycles. The average Bonchev–Trinajstić information content (AvgIpc) is 3.49. The van der Waals surface area contributed by atoms with E-state index in [0.29, 0.717) is 44.2 Å².